The lowest BCUT2D eigenvalue weighted by atomic mass is 10.2. The number of hydrogen-bond acceptors (Lipinski definition) is 3. The van der Waals surface area contributed by atoms with Crippen LogP contribution in [0.25, 0.3) is 10.9 Å². The zero-order chi connectivity index (χ0) is 16.8. The van der Waals surface area contributed by atoms with Crippen molar-refractivity contribution in [3.8, 4) is 0 Å². The van der Waals surface area contributed by atoms with Gasteiger partial charge in [0.1, 0.15) is 5.82 Å². The van der Waals surface area contributed by atoms with Gasteiger partial charge in [0.15, 0.2) is 5.11 Å². The minimum atomic E-state index is -0.178. The molecule has 23 heavy (non-hydrogen) atoms. The Balaban J connectivity index is 2.28. The fourth-order valence-electron chi connectivity index (χ4n) is 2.21. The SMILES string of the molecule is C=CCNC(=S)N(CCC)Cc1nc2cc(Cl)ccc2c(=O)[nH]1. The van der Waals surface area contributed by atoms with Crippen LogP contribution in [0, 0.1) is 0 Å². The van der Waals surface area contributed by atoms with Crippen molar-refractivity contribution in [1.29, 1.82) is 0 Å². The van der Waals surface area contributed by atoms with Crippen LogP contribution in [0.5, 0.6) is 0 Å². The summed E-state index contributed by atoms with van der Waals surface area (Å²) in [5.74, 6) is 0.556. The predicted molar refractivity (Wildman–Crippen MR) is 98.9 cm³/mol. The summed E-state index contributed by atoms with van der Waals surface area (Å²) in [6.45, 7) is 7.51. The van der Waals surface area contributed by atoms with Gasteiger partial charge in [-0.25, -0.2) is 4.98 Å². The molecule has 0 aliphatic heterocycles. The van der Waals surface area contributed by atoms with Crippen molar-refractivity contribution in [3.05, 3.63) is 52.1 Å². The number of hydrogen-bond donors (Lipinski definition) is 2. The predicted octanol–water partition coefficient (Wildman–Crippen LogP) is 2.85. The largest absolute Gasteiger partial charge is 0.359 e. The summed E-state index contributed by atoms with van der Waals surface area (Å²) in [4.78, 5) is 21.4. The first-order valence-electron chi connectivity index (χ1n) is 7.37. The van der Waals surface area contributed by atoms with Crippen LogP contribution in [0.4, 0.5) is 0 Å². The topological polar surface area (TPSA) is 61.0 Å². The van der Waals surface area contributed by atoms with Crippen LogP contribution < -0.4 is 10.9 Å². The van der Waals surface area contributed by atoms with E-state index in [0.29, 0.717) is 40.0 Å². The van der Waals surface area contributed by atoms with Crippen molar-refractivity contribution in [1.82, 2.24) is 20.2 Å². The standard InChI is InChI=1S/C16H19ClN4OS/c1-3-7-18-16(23)21(8-4-2)10-14-19-13-9-11(17)5-6-12(13)15(22)20-14/h3,5-6,9H,1,4,7-8,10H2,2H3,(H,18,23)(H,19,20,22). The van der Waals surface area contributed by atoms with Crippen LogP contribution in [-0.2, 0) is 6.54 Å². The Hall–Kier alpha value is -1.92. The second-order valence-electron chi connectivity index (χ2n) is 5.07. The molecule has 0 bridgehead atoms. The van der Waals surface area contributed by atoms with Crippen LogP contribution in [0.1, 0.15) is 19.2 Å². The van der Waals surface area contributed by atoms with E-state index in [4.69, 9.17) is 23.8 Å². The van der Waals surface area contributed by atoms with E-state index in [1.54, 1.807) is 24.3 Å². The number of nitrogens with zero attached hydrogens (tertiary/aromatic N) is 2. The number of halogens is 1. The normalized spacial score (nSPS) is 10.5. The van der Waals surface area contributed by atoms with Gasteiger partial charge in [-0.2, -0.15) is 0 Å². The molecule has 0 saturated heterocycles. The van der Waals surface area contributed by atoms with Gasteiger partial charge >= 0.3 is 0 Å². The second-order valence-corrected chi connectivity index (χ2v) is 5.89. The van der Waals surface area contributed by atoms with Gasteiger partial charge in [0.05, 0.1) is 17.4 Å². The van der Waals surface area contributed by atoms with E-state index in [1.807, 2.05) is 4.90 Å². The monoisotopic (exact) mass is 350 g/mol. The molecule has 0 spiro atoms. The van der Waals surface area contributed by atoms with Crippen LogP contribution in [-0.4, -0.2) is 33.1 Å². The fraction of sp³-hybridized carbons (Fsp3) is 0.312. The number of nitrogens with one attached hydrogen (secondary N) is 2. The highest BCUT2D eigenvalue weighted by Gasteiger charge is 2.12. The third-order valence-electron chi connectivity index (χ3n) is 3.24. The molecule has 0 unspecified atom stereocenters. The maximum atomic E-state index is 12.2. The summed E-state index contributed by atoms with van der Waals surface area (Å²) in [7, 11) is 0. The fourth-order valence-corrected chi connectivity index (χ4v) is 2.62. The number of benzene rings is 1. The molecule has 0 aliphatic rings. The number of fused-ring (bicyclic) bond motifs is 1. The first kappa shape index (κ1) is 17.4. The minimum absolute atomic E-state index is 0.178. The summed E-state index contributed by atoms with van der Waals surface area (Å²) >= 11 is 11.4. The second kappa shape index (κ2) is 8.08. The van der Waals surface area contributed by atoms with Gasteiger partial charge < -0.3 is 15.2 Å². The van der Waals surface area contributed by atoms with Crippen LogP contribution in [0.15, 0.2) is 35.6 Å². The van der Waals surface area contributed by atoms with Crippen LogP contribution >= 0.6 is 23.8 Å². The number of H-pyrrole nitrogens is 1. The van der Waals surface area contributed by atoms with E-state index >= 15 is 0 Å². The maximum absolute atomic E-state index is 12.2. The van der Waals surface area contributed by atoms with E-state index in [0.717, 1.165) is 13.0 Å². The molecule has 1 aromatic heterocycles. The van der Waals surface area contributed by atoms with E-state index in [1.165, 1.54) is 0 Å². The first-order chi connectivity index (χ1) is 11.0. The van der Waals surface area contributed by atoms with Crippen molar-refractivity contribution in [3.63, 3.8) is 0 Å². The minimum Gasteiger partial charge on any atom is -0.359 e. The van der Waals surface area contributed by atoms with Crippen LogP contribution in [0.2, 0.25) is 5.02 Å². The Bertz CT molecular complexity index is 774. The summed E-state index contributed by atoms with van der Waals surface area (Å²) in [6, 6.07) is 5.04. The Morgan fingerprint density at radius 1 is 1.57 bits per heavy atom. The molecule has 5 nitrogen and oxygen atoms in total. The van der Waals surface area contributed by atoms with Crippen LogP contribution in [0.3, 0.4) is 0 Å². The molecule has 122 valence electrons. The Morgan fingerprint density at radius 3 is 3.04 bits per heavy atom. The molecule has 1 aromatic carbocycles. The number of aromatic nitrogens is 2. The average Bonchev–Trinajstić information content (AvgIpc) is 2.51. The molecule has 2 N–H and O–H groups in total. The highest BCUT2D eigenvalue weighted by Crippen LogP contribution is 2.15. The molecule has 0 amide bonds. The van der Waals surface area contributed by atoms with E-state index in [-0.39, 0.29) is 5.56 Å². The van der Waals surface area contributed by atoms with E-state index in [9.17, 15) is 4.79 Å². The average molecular weight is 351 g/mol. The highest BCUT2D eigenvalue weighted by atomic mass is 35.5. The third-order valence-corrected chi connectivity index (χ3v) is 3.87. The molecule has 0 aliphatic carbocycles. The summed E-state index contributed by atoms with van der Waals surface area (Å²) in [5, 5.41) is 4.78. The summed E-state index contributed by atoms with van der Waals surface area (Å²) in [6.07, 6.45) is 2.67. The third kappa shape index (κ3) is 4.53. The molecular weight excluding hydrogens is 332 g/mol. The highest BCUT2D eigenvalue weighted by molar-refractivity contribution is 7.80. The van der Waals surface area contributed by atoms with E-state index < -0.39 is 0 Å². The van der Waals surface area contributed by atoms with Gasteiger partial charge in [-0.05, 0) is 36.8 Å². The van der Waals surface area contributed by atoms with Crippen molar-refractivity contribution >= 4 is 39.8 Å². The lowest BCUT2D eigenvalue weighted by molar-refractivity contribution is 0.396. The van der Waals surface area contributed by atoms with Gasteiger partial charge in [-0.1, -0.05) is 24.6 Å². The zero-order valence-electron chi connectivity index (χ0n) is 12.9. The molecule has 2 rings (SSSR count). The molecular formula is C16H19ClN4OS. The van der Waals surface area contributed by atoms with Crippen molar-refractivity contribution < 1.29 is 0 Å². The van der Waals surface area contributed by atoms with Gasteiger partial charge in [0, 0.05) is 18.1 Å². The zero-order valence-corrected chi connectivity index (χ0v) is 14.5. The van der Waals surface area contributed by atoms with Crippen molar-refractivity contribution in [2.75, 3.05) is 13.1 Å². The smallest absolute Gasteiger partial charge is 0.258 e. The lowest BCUT2D eigenvalue weighted by Gasteiger charge is -2.24. The molecule has 7 heteroatoms. The molecule has 0 radical (unpaired) electrons. The molecule has 2 aromatic rings. The van der Waals surface area contributed by atoms with Crippen molar-refractivity contribution in [2.45, 2.75) is 19.9 Å². The molecule has 0 saturated carbocycles. The van der Waals surface area contributed by atoms with Gasteiger partial charge in [0.25, 0.3) is 5.56 Å². The molecule has 1 heterocycles. The summed E-state index contributed by atoms with van der Waals surface area (Å²) in [5.41, 5.74) is 0.403. The number of aromatic amines is 1. The van der Waals surface area contributed by atoms with Crippen molar-refractivity contribution in [2.24, 2.45) is 0 Å². The van der Waals surface area contributed by atoms with E-state index in [2.05, 4.69) is 28.8 Å². The Kier molecular flexibility index (Phi) is 6.12. The number of thiocarbonyl (C=S) groups is 1. The lowest BCUT2D eigenvalue weighted by Crippen LogP contribution is -2.40. The Labute approximate surface area is 145 Å². The van der Waals surface area contributed by atoms with Gasteiger partial charge in [-0.3, -0.25) is 4.79 Å². The Morgan fingerprint density at radius 2 is 2.35 bits per heavy atom. The molecule has 0 fully saturated rings. The van der Waals surface area contributed by atoms with Gasteiger partial charge in [0.2, 0.25) is 0 Å². The first-order valence-corrected chi connectivity index (χ1v) is 8.16. The number of rotatable bonds is 6. The van der Waals surface area contributed by atoms with Gasteiger partial charge in [-0.15, -0.1) is 6.58 Å². The molecule has 0 atom stereocenters. The maximum Gasteiger partial charge on any atom is 0.258 e. The summed E-state index contributed by atoms with van der Waals surface area (Å²) < 4.78 is 0. The quantitative estimate of drug-likeness (QED) is 0.619.